The third-order valence-corrected chi connectivity index (χ3v) is 9.19. The van der Waals surface area contributed by atoms with Crippen LogP contribution in [-0.4, -0.2) is 89.5 Å². The van der Waals surface area contributed by atoms with E-state index in [1.807, 2.05) is 70.3 Å². The van der Waals surface area contributed by atoms with Crippen molar-refractivity contribution in [1.29, 1.82) is 0 Å². The summed E-state index contributed by atoms with van der Waals surface area (Å²) in [6.45, 7) is 7.59. The number of aromatic nitrogens is 3. The van der Waals surface area contributed by atoms with E-state index in [-0.39, 0.29) is 51.6 Å². The van der Waals surface area contributed by atoms with Crippen LogP contribution in [0, 0.1) is 0 Å². The molecule has 0 amide bonds. The SMILES string of the molecule is CC1(C)O[C@H]2[C@@H](O1)[C@@H](C[Se]C[C@H]1O[C@H](c3cn(-c4ccccc4)nn3)C=C[C@@H]1O)O[C@@H]1OC(C)(C)O[C@@H]12. The fourth-order valence-corrected chi connectivity index (χ4v) is 7.60. The molecule has 8 atom stereocenters. The Kier molecular flexibility index (Phi) is 6.80. The van der Waals surface area contributed by atoms with Crippen molar-refractivity contribution >= 4 is 15.0 Å². The van der Waals surface area contributed by atoms with Crippen molar-refractivity contribution in [3.8, 4) is 5.69 Å². The second kappa shape index (κ2) is 9.82. The van der Waals surface area contributed by atoms with Crippen molar-refractivity contribution in [1.82, 2.24) is 15.0 Å². The van der Waals surface area contributed by atoms with Crippen molar-refractivity contribution in [3.63, 3.8) is 0 Å². The van der Waals surface area contributed by atoms with Crippen molar-refractivity contribution < 1.29 is 33.5 Å². The number of hydrogen-bond donors (Lipinski definition) is 1. The second-order valence-electron chi connectivity index (χ2n) is 10.6. The summed E-state index contributed by atoms with van der Waals surface area (Å²) in [4.78, 5) is 0. The first kappa shape index (κ1) is 25.6. The summed E-state index contributed by atoms with van der Waals surface area (Å²) in [6, 6.07) is 9.80. The third kappa shape index (κ3) is 5.30. The van der Waals surface area contributed by atoms with Crippen LogP contribution < -0.4 is 0 Å². The van der Waals surface area contributed by atoms with Crippen molar-refractivity contribution in [2.24, 2.45) is 0 Å². The normalized spacial score (nSPS) is 37.9. The van der Waals surface area contributed by atoms with E-state index in [0.717, 1.165) is 11.0 Å². The molecule has 0 unspecified atom stereocenters. The number of aliphatic hydroxyl groups excluding tert-OH is 1. The molecule has 6 rings (SSSR count). The van der Waals surface area contributed by atoms with E-state index >= 15 is 0 Å². The van der Waals surface area contributed by atoms with E-state index in [0.29, 0.717) is 11.0 Å². The predicted molar refractivity (Wildman–Crippen MR) is 132 cm³/mol. The molecule has 0 spiro atoms. The van der Waals surface area contributed by atoms with Gasteiger partial charge in [-0.1, -0.05) is 0 Å². The molecule has 1 N–H and O–H groups in total. The molecule has 2 aromatic rings. The first-order valence-corrected chi connectivity index (χ1v) is 15.0. The first-order chi connectivity index (χ1) is 17.7. The summed E-state index contributed by atoms with van der Waals surface area (Å²) in [5, 5.41) is 20.6. The van der Waals surface area contributed by atoms with Crippen LogP contribution >= 0.6 is 0 Å². The molecule has 4 aliphatic heterocycles. The van der Waals surface area contributed by atoms with Crippen LogP contribution in [0.2, 0.25) is 10.6 Å². The van der Waals surface area contributed by atoms with Gasteiger partial charge in [0.25, 0.3) is 0 Å². The van der Waals surface area contributed by atoms with Gasteiger partial charge in [-0.05, 0) is 0 Å². The van der Waals surface area contributed by atoms with Gasteiger partial charge in [-0.25, -0.2) is 0 Å². The average molecular weight is 579 g/mol. The molecule has 3 saturated heterocycles. The zero-order valence-corrected chi connectivity index (χ0v) is 23.0. The minimum absolute atomic E-state index is 0.107. The second-order valence-corrected chi connectivity index (χ2v) is 12.9. The van der Waals surface area contributed by atoms with Gasteiger partial charge in [0.15, 0.2) is 0 Å². The molecule has 4 aliphatic rings. The summed E-state index contributed by atoms with van der Waals surface area (Å²) < 4.78 is 38.9. The fraction of sp³-hybridized carbons (Fsp3) is 0.615. The zero-order chi connectivity index (χ0) is 25.8. The quantitative estimate of drug-likeness (QED) is 0.409. The number of rotatable bonds is 6. The number of aliphatic hydroxyl groups is 1. The Morgan fingerprint density at radius 3 is 2.38 bits per heavy atom. The van der Waals surface area contributed by atoms with Crippen molar-refractivity contribution in [2.75, 3.05) is 0 Å². The van der Waals surface area contributed by atoms with E-state index in [9.17, 15) is 5.11 Å². The molecule has 0 aliphatic carbocycles. The standard InChI is InChI=1S/C26H33N3O7Se/c1-25(2)33-21-20(32-24-23(22(21)34-25)35-26(3,4)36-24)14-37-13-19-17(30)10-11-18(31-19)16-12-29(28-27-16)15-8-6-5-7-9-15/h5-12,17-24,30H,13-14H2,1-4H3/t17-,18-,19+,20+,21-,22-,23+,24+/m0/s1. The topological polar surface area (TPSA) is 106 Å². The summed E-state index contributed by atoms with van der Waals surface area (Å²) in [5.74, 6) is -1.45. The van der Waals surface area contributed by atoms with Crippen LogP contribution in [-0.2, 0) is 28.4 Å². The Hall–Kier alpha value is -1.66. The average Bonchev–Trinajstić information content (AvgIpc) is 3.55. The number of fused-ring (bicyclic) bond motifs is 3. The third-order valence-electron chi connectivity index (χ3n) is 6.82. The van der Waals surface area contributed by atoms with Gasteiger partial charge in [-0.2, -0.15) is 0 Å². The van der Waals surface area contributed by atoms with Gasteiger partial charge in [0.2, 0.25) is 0 Å². The molecule has 0 saturated carbocycles. The fourth-order valence-electron chi connectivity index (χ4n) is 5.20. The van der Waals surface area contributed by atoms with Crippen LogP contribution in [0.4, 0.5) is 0 Å². The Bertz CT molecular complexity index is 1130. The van der Waals surface area contributed by atoms with Crippen molar-refractivity contribution in [3.05, 3.63) is 54.4 Å². The summed E-state index contributed by atoms with van der Waals surface area (Å²) in [7, 11) is 0. The molecule has 0 bridgehead atoms. The molecule has 1 aromatic heterocycles. The minimum atomic E-state index is -0.736. The van der Waals surface area contributed by atoms with Crippen LogP contribution in [0.5, 0.6) is 0 Å². The summed E-state index contributed by atoms with van der Waals surface area (Å²) in [5.41, 5.74) is 1.63. The number of ether oxygens (including phenoxy) is 6. The molecule has 1 aromatic carbocycles. The first-order valence-electron chi connectivity index (χ1n) is 12.6. The van der Waals surface area contributed by atoms with Crippen LogP contribution in [0.3, 0.4) is 0 Å². The maximum atomic E-state index is 10.6. The Balaban J connectivity index is 1.08. The van der Waals surface area contributed by atoms with Crippen molar-refractivity contribution in [2.45, 2.75) is 98.9 Å². The Morgan fingerprint density at radius 2 is 1.57 bits per heavy atom. The summed E-state index contributed by atoms with van der Waals surface area (Å²) >= 11 is 0.107. The van der Waals surface area contributed by atoms with Gasteiger partial charge >= 0.3 is 222 Å². The summed E-state index contributed by atoms with van der Waals surface area (Å²) in [6.07, 6.45) is 2.59. The number of hydrogen-bond acceptors (Lipinski definition) is 9. The van der Waals surface area contributed by atoms with Gasteiger partial charge in [0.1, 0.15) is 0 Å². The van der Waals surface area contributed by atoms with E-state index < -0.39 is 24.0 Å². The number of nitrogens with zero attached hydrogens (tertiary/aromatic N) is 3. The number of para-hydroxylation sites is 1. The molecule has 11 heteroatoms. The molecule has 5 heterocycles. The van der Waals surface area contributed by atoms with Gasteiger partial charge in [0, 0.05) is 0 Å². The molecule has 0 radical (unpaired) electrons. The molecular formula is C26H33N3O7Se. The van der Waals surface area contributed by atoms with Crippen LogP contribution in [0.25, 0.3) is 5.69 Å². The Morgan fingerprint density at radius 1 is 0.865 bits per heavy atom. The maximum absolute atomic E-state index is 10.6. The number of benzene rings is 1. The van der Waals surface area contributed by atoms with E-state index in [1.54, 1.807) is 10.8 Å². The van der Waals surface area contributed by atoms with E-state index in [1.165, 1.54) is 0 Å². The molecule has 200 valence electrons. The van der Waals surface area contributed by atoms with Gasteiger partial charge in [-0.3, -0.25) is 0 Å². The van der Waals surface area contributed by atoms with Gasteiger partial charge < -0.3 is 0 Å². The van der Waals surface area contributed by atoms with E-state index in [4.69, 9.17) is 28.4 Å². The van der Waals surface area contributed by atoms with Gasteiger partial charge in [0.05, 0.1) is 0 Å². The molecule has 10 nitrogen and oxygen atoms in total. The molecular weight excluding hydrogens is 545 g/mol. The van der Waals surface area contributed by atoms with Crippen LogP contribution in [0.1, 0.15) is 39.5 Å². The molecule has 3 fully saturated rings. The molecule has 37 heavy (non-hydrogen) atoms. The monoisotopic (exact) mass is 579 g/mol. The van der Waals surface area contributed by atoms with Crippen LogP contribution in [0.15, 0.2) is 48.7 Å². The predicted octanol–water partition coefficient (Wildman–Crippen LogP) is 2.56. The van der Waals surface area contributed by atoms with E-state index in [2.05, 4.69) is 10.3 Å². The Labute approximate surface area is 222 Å². The zero-order valence-electron chi connectivity index (χ0n) is 21.3. The van der Waals surface area contributed by atoms with Gasteiger partial charge in [-0.15, -0.1) is 0 Å².